The average molecular weight is 479 g/mol. The van der Waals surface area contributed by atoms with Crippen LogP contribution in [0.5, 0.6) is 0 Å². The number of aryl methyl sites for hydroxylation is 1. The molecule has 0 radical (unpaired) electrons. The molecule has 2 aliphatic rings. The number of halogens is 1. The number of likely N-dealkylation sites (N-methyl/N-ethyl adjacent to an activating group) is 1. The predicted molar refractivity (Wildman–Crippen MR) is 132 cm³/mol. The van der Waals surface area contributed by atoms with Gasteiger partial charge in [0.05, 0.1) is 12.1 Å². The van der Waals surface area contributed by atoms with Crippen LogP contribution >= 0.6 is 12.4 Å². The Morgan fingerprint density at radius 2 is 1.79 bits per heavy atom. The van der Waals surface area contributed by atoms with Crippen LogP contribution in [-0.4, -0.2) is 54.3 Å². The maximum absolute atomic E-state index is 13.6. The lowest BCUT2D eigenvalue weighted by molar-refractivity contribution is -0.144. The molecular weight excluding hydrogens is 440 g/mol. The first kappa shape index (κ1) is 27.1. The number of carbonyl (C=O) groups is 3. The molecule has 3 amide bonds. The maximum Gasteiger partial charge on any atom is 0.246 e. The Hall–Kier alpha value is -2.12. The van der Waals surface area contributed by atoms with E-state index in [1.54, 1.807) is 18.9 Å². The van der Waals surface area contributed by atoms with Gasteiger partial charge in [0.2, 0.25) is 17.7 Å². The van der Waals surface area contributed by atoms with Crippen molar-refractivity contribution in [1.82, 2.24) is 20.9 Å². The number of hydrogen-bond acceptors (Lipinski definition) is 4. The lowest BCUT2D eigenvalue weighted by atomic mass is 9.85. The summed E-state index contributed by atoms with van der Waals surface area (Å²) in [5, 5.41) is 9.04. The number of amides is 3. The minimum absolute atomic E-state index is 0. The van der Waals surface area contributed by atoms with Gasteiger partial charge in [0.15, 0.2) is 0 Å². The smallest absolute Gasteiger partial charge is 0.246 e. The first-order chi connectivity index (χ1) is 15.1. The summed E-state index contributed by atoms with van der Waals surface area (Å²) in [7, 11) is 1.71. The molecule has 184 valence electrons. The maximum atomic E-state index is 13.6. The molecule has 0 unspecified atom stereocenters. The van der Waals surface area contributed by atoms with Crippen LogP contribution in [0.15, 0.2) is 24.3 Å². The van der Waals surface area contributed by atoms with Crippen LogP contribution in [0.25, 0.3) is 0 Å². The first-order valence-electron chi connectivity index (χ1n) is 11.8. The molecule has 1 aromatic carbocycles. The van der Waals surface area contributed by atoms with Crippen molar-refractivity contribution in [3.05, 3.63) is 35.4 Å². The van der Waals surface area contributed by atoms with Crippen LogP contribution < -0.4 is 16.0 Å². The summed E-state index contributed by atoms with van der Waals surface area (Å²) < 4.78 is 0. The zero-order valence-corrected chi connectivity index (χ0v) is 21.3. The standard InChI is InChI=1S/C25H38N4O3.ClH/c1-16(26-5)22(30)28-21(25(2,3)4)24(32)29-15-9-14-20(29)23(31)27-19-13-8-11-17-10-6-7-12-18(17)19;/h6-7,10,12,16,19-21,26H,8-9,11,13-15H2,1-5H3,(H,27,31)(H,28,30);1H/t16-,19+,20-,21+;/m1./s1. The zero-order valence-electron chi connectivity index (χ0n) is 20.4. The van der Waals surface area contributed by atoms with E-state index in [2.05, 4.69) is 28.1 Å². The lowest BCUT2D eigenvalue weighted by Gasteiger charge is -2.36. The average Bonchev–Trinajstić information content (AvgIpc) is 3.26. The molecule has 1 fully saturated rings. The lowest BCUT2D eigenvalue weighted by Crippen LogP contribution is -2.59. The van der Waals surface area contributed by atoms with Gasteiger partial charge in [-0.1, -0.05) is 45.0 Å². The fourth-order valence-corrected chi connectivity index (χ4v) is 4.69. The van der Waals surface area contributed by atoms with Crippen molar-refractivity contribution in [3.63, 3.8) is 0 Å². The zero-order chi connectivity index (χ0) is 23.5. The minimum atomic E-state index is -0.699. The molecule has 7 nitrogen and oxygen atoms in total. The van der Waals surface area contributed by atoms with E-state index >= 15 is 0 Å². The van der Waals surface area contributed by atoms with Gasteiger partial charge in [-0.05, 0) is 62.6 Å². The number of benzene rings is 1. The van der Waals surface area contributed by atoms with Crippen LogP contribution in [0.4, 0.5) is 0 Å². The topological polar surface area (TPSA) is 90.5 Å². The third kappa shape index (κ3) is 6.27. The van der Waals surface area contributed by atoms with Gasteiger partial charge >= 0.3 is 0 Å². The Morgan fingerprint density at radius 1 is 1.09 bits per heavy atom. The number of hydrogen-bond donors (Lipinski definition) is 3. The first-order valence-corrected chi connectivity index (χ1v) is 11.8. The van der Waals surface area contributed by atoms with Crippen LogP contribution in [0.1, 0.15) is 70.5 Å². The van der Waals surface area contributed by atoms with Crippen molar-refractivity contribution in [2.24, 2.45) is 5.41 Å². The van der Waals surface area contributed by atoms with Gasteiger partial charge in [0.25, 0.3) is 0 Å². The van der Waals surface area contributed by atoms with E-state index in [0.29, 0.717) is 13.0 Å². The van der Waals surface area contributed by atoms with Crippen molar-refractivity contribution in [1.29, 1.82) is 0 Å². The Morgan fingerprint density at radius 3 is 2.45 bits per heavy atom. The van der Waals surface area contributed by atoms with Gasteiger partial charge in [-0.15, -0.1) is 12.4 Å². The monoisotopic (exact) mass is 478 g/mol. The van der Waals surface area contributed by atoms with Gasteiger partial charge in [0, 0.05) is 6.54 Å². The molecule has 0 aromatic heterocycles. The van der Waals surface area contributed by atoms with Crippen molar-refractivity contribution >= 4 is 30.1 Å². The Bertz CT molecular complexity index is 854. The summed E-state index contributed by atoms with van der Waals surface area (Å²) in [6.07, 6.45) is 4.41. The Labute approximate surface area is 203 Å². The molecule has 0 saturated carbocycles. The van der Waals surface area contributed by atoms with E-state index in [-0.39, 0.29) is 36.2 Å². The highest BCUT2D eigenvalue weighted by molar-refractivity contribution is 5.94. The van der Waals surface area contributed by atoms with E-state index in [4.69, 9.17) is 0 Å². The van der Waals surface area contributed by atoms with Gasteiger partial charge in [-0.2, -0.15) is 0 Å². The van der Waals surface area contributed by atoms with E-state index in [1.165, 1.54) is 11.1 Å². The molecule has 1 aromatic rings. The van der Waals surface area contributed by atoms with Gasteiger partial charge in [-0.3, -0.25) is 14.4 Å². The fourth-order valence-electron chi connectivity index (χ4n) is 4.69. The second kappa shape index (κ2) is 11.3. The molecule has 0 spiro atoms. The van der Waals surface area contributed by atoms with E-state index in [0.717, 1.165) is 25.7 Å². The van der Waals surface area contributed by atoms with E-state index in [9.17, 15) is 14.4 Å². The SMILES string of the molecule is CN[C@H](C)C(=O)N[C@@H](C(=O)N1CCC[C@@H]1C(=O)N[C@H]1CCCc2ccccc21)C(C)(C)C.Cl. The van der Waals surface area contributed by atoms with E-state index < -0.39 is 23.5 Å². The van der Waals surface area contributed by atoms with Crippen LogP contribution in [0, 0.1) is 5.41 Å². The summed E-state index contributed by atoms with van der Waals surface area (Å²) in [6.45, 7) is 8.09. The van der Waals surface area contributed by atoms with Gasteiger partial charge < -0.3 is 20.9 Å². The number of nitrogens with one attached hydrogen (secondary N) is 3. The van der Waals surface area contributed by atoms with Crippen molar-refractivity contribution in [2.45, 2.75) is 84.0 Å². The number of nitrogens with zero attached hydrogens (tertiary/aromatic N) is 1. The number of likely N-dealkylation sites (tertiary alicyclic amines) is 1. The minimum Gasteiger partial charge on any atom is -0.347 e. The summed E-state index contributed by atoms with van der Waals surface area (Å²) in [6, 6.07) is 6.65. The van der Waals surface area contributed by atoms with Crippen LogP contribution in [-0.2, 0) is 20.8 Å². The largest absolute Gasteiger partial charge is 0.347 e. The third-order valence-electron chi connectivity index (χ3n) is 6.75. The van der Waals surface area contributed by atoms with Gasteiger partial charge in [-0.25, -0.2) is 0 Å². The van der Waals surface area contributed by atoms with Crippen molar-refractivity contribution in [3.8, 4) is 0 Å². The van der Waals surface area contributed by atoms with Crippen molar-refractivity contribution < 1.29 is 14.4 Å². The van der Waals surface area contributed by atoms with Gasteiger partial charge in [0.1, 0.15) is 12.1 Å². The molecule has 8 heteroatoms. The molecule has 4 atom stereocenters. The second-order valence-corrected chi connectivity index (χ2v) is 10.2. The second-order valence-electron chi connectivity index (χ2n) is 10.2. The molecule has 3 rings (SSSR count). The summed E-state index contributed by atoms with van der Waals surface area (Å²) in [4.78, 5) is 41.0. The number of fused-ring (bicyclic) bond motifs is 1. The predicted octanol–water partition coefficient (Wildman–Crippen LogP) is 2.73. The number of carbonyl (C=O) groups excluding carboxylic acids is 3. The Kier molecular flexibility index (Phi) is 9.32. The third-order valence-corrected chi connectivity index (χ3v) is 6.75. The highest BCUT2D eigenvalue weighted by atomic mass is 35.5. The van der Waals surface area contributed by atoms with Crippen molar-refractivity contribution in [2.75, 3.05) is 13.6 Å². The molecule has 1 heterocycles. The summed E-state index contributed by atoms with van der Waals surface area (Å²) in [5.74, 6) is -0.504. The molecule has 33 heavy (non-hydrogen) atoms. The summed E-state index contributed by atoms with van der Waals surface area (Å²) in [5.41, 5.74) is 1.99. The molecule has 1 saturated heterocycles. The Balaban J connectivity index is 0.00000385. The fraction of sp³-hybridized carbons (Fsp3) is 0.640. The summed E-state index contributed by atoms with van der Waals surface area (Å²) >= 11 is 0. The molecule has 0 bridgehead atoms. The molecule has 3 N–H and O–H groups in total. The quantitative estimate of drug-likeness (QED) is 0.586. The molecule has 1 aliphatic heterocycles. The van der Waals surface area contributed by atoms with Crippen LogP contribution in [0.3, 0.4) is 0 Å². The van der Waals surface area contributed by atoms with Crippen LogP contribution in [0.2, 0.25) is 0 Å². The highest BCUT2D eigenvalue weighted by Crippen LogP contribution is 2.31. The van der Waals surface area contributed by atoms with E-state index in [1.807, 2.05) is 32.9 Å². The number of rotatable bonds is 6. The highest BCUT2D eigenvalue weighted by Gasteiger charge is 2.42. The molecule has 1 aliphatic carbocycles. The molecular formula is C25H39ClN4O3. The normalized spacial score (nSPS) is 21.9.